The molecule has 0 N–H and O–H groups in total. The van der Waals surface area contributed by atoms with Crippen LogP contribution in [-0.4, -0.2) is 19.5 Å². The topological polar surface area (TPSA) is 43.6 Å². The van der Waals surface area contributed by atoms with Crippen molar-refractivity contribution in [3.05, 3.63) is 194 Å². The van der Waals surface area contributed by atoms with Crippen molar-refractivity contribution in [1.82, 2.24) is 19.5 Å². The summed E-state index contributed by atoms with van der Waals surface area (Å²) in [6.07, 6.45) is 0. The van der Waals surface area contributed by atoms with Gasteiger partial charge in [0.2, 0.25) is 0 Å². The van der Waals surface area contributed by atoms with Crippen LogP contribution in [0.5, 0.6) is 0 Å². The summed E-state index contributed by atoms with van der Waals surface area (Å²) in [5, 5.41) is 9.85. The van der Waals surface area contributed by atoms with Gasteiger partial charge in [-0.2, -0.15) is 0 Å². The minimum atomic E-state index is 0.628. The molecule has 3 heterocycles. The predicted molar refractivity (Wildman–Crippen MR) is 244 cm³/mol. The third-order valence-corrected chi connectivity index (χ3v) is 12.5. The van der Waals surface area contributed by atoms with Crippen LogP contribution in [0.4, 0.5) is 0 Å². The number of hydrogen-bond acceptors (Lipinski definition) is 4. The van der Waals surface area contributed by atoms with Crippen LogP contribution >= 0.6 is 11.3 Å². The molecule has 0 aliphatic carbocycles. The van der Waals surface area contributed by atoms with Gasteiger partial charge in [-0.1, -0.05) is 133 Å². The summed E-state index contributed by atoms with van der Waals surface area (Å²) in [6, 6.07) is 69.4. The van der Waals surface area contributed by atoms with Crippen LogP contribution in [0.15, 0.2) is 194 Å². The molecule has 0 unspecified atom stereocenters. The summed E-state index contributed by atoms with van der Waals surface area (Å²) in [5.74, 6) is 1.91. The normalized spacial score (nSPS) is 11.8. The number of aromatic nitrogens is 4. The lowest BCUT2D eigenvalue weighted by molar-refractivity contribution is 1.07. The highest BCUT2D eigenvalue weighted by atomic mass is 32.1. The molecule has 0 atom stereocenters. The molecule has 9 aromatic carbocycles. The van der Waals surface area contributed by atoms with E-state index in [2.05, 4.69) is 162 Å². The molecule has 0 aliphatic heterocycles. The Labute approximate surface area is 338 Å². The van der Waals surface area contributed by atoms with Crippen molar-refractivity contribution >= 4 is 74.9 Å². The molecule has 4 nitrogen and oxygen atoms in total. The van der Waals surface area contributed by atoms with Gasteiger partial charge in [-0.3, -0.25) is 0 Å². The van der Waals surface area contributed by atoms with E-state index in [-0.39, 0.29) is 0 Å². The number of benzene rings is 9. The van der Waals surface area contributed by atoms with Crippen LogP contribution < -0.4 is 0 Å². The second kappa shape index (κ2) is 13.1. The Kier molecular flexibility index (Phi) is 7.37. The Morgan fingerprint density at radius 3 is 1.47 bits per heavy atom. The van der Waals surface area contributed by atoms with Gasteiger partial charge in [-0.25, -0.2) is 15.0 Å². The first kappa shape index (κ1) is 32.7. The average Bonchev–Trinajstić information content (AvgIpc) is 3.82. The second-order valence-corrected chi connectivity index (χ2v) is 15.9. The van der Waals surface area contributed by atoms with Crippen molar-refractivity contribution in [3.63, 3.8) is 0 Å². The van der Waals surface area contributed by atoms with Crippen LogP contribution in [0.25, 0.3) is 115 Å². The standard InChI is InChI=1S/C53H32N4S/c1-3-13-33(14-4-1)51-54-52(34-15-5-2-6-16-34)56-53(55-51)42-25-24-40(32-43(42)39-23-26-50-46(29-39)41-21-11-12-22-49(41)58-50)57-47-30-37-19-9-7-17-35(37)27-44(47)45-28-36-18-8-10-20-38(36)31-48(45)57/h1-32H. The molecule has 5 heteroatoms. The number of rotatable bonds is 5. The highest BCUT2D eigenvalue weighted by Gasteiger charge is 2.20. The lowest BCUT2D eigenvalue weighted by Gasteiger charge is -2.16. The van der Waals surface area contributed by atoms with Crippen LogP contribution in [0, 0.1) is 0 Å². The molecule has 0 bridgehead atoms. The zero-order chi connectivity index (χ0) is 38.2. The summed E-state index contributed by atoms with van der Waals surface area (Å²) in [5.41, 5.74) is 8.38. The van der Waals surface area contributed by atoms with E-state index in [0.29, 0.717) is 17.5 Å². The van der Waals surface area contributed by atoms with Crippen molar-refractivity contribution < 1.29 is 0 Å². The van der Waals surface area contributed by atoms with Gasteiger partial charge in [-0.05, 0) is 93.3 Å². The second-order valence-electron chi connectivity index (χ2n) is 14.8. The van der Waals surface area contributed by atoms with Crippen molar-refractivity contribution in [2.45, 2.75) is 0 Å². The van der Waals surface area contributed by atoms with Gasteiger partial charge in [0.25, 0.3) is 0 Å². The molecule has 0 amide bonds. The van der Waals surface area contributed by atoms with E-state index in [1.165, 1.54) is 63.5 Å². The summed E-state index contributed by atoms with van der Waals surface area (Å²) in [6.45, 7) is 0. The molecule has 12 aromatic rings. The zero-order valence-electron chi connectivity index (χ0n) is 31.2. The molecule has 3 aromatic heterocycles. The fourth-order valence-electron chi connectivity index (χ4n) is 8.59. The Balaban J connectivity index is 1.16. The zero-order valence-corrected chi connectivity index (χ0v) is 32.0. The molecular weight excluding hydrogens is 725 g/mol. The summed E-state index contributed by atoms with van der Waals surface area (Å²) < 4.78 is 4.99. The average molecular weight is 757 g/mol. The van der Waals surface area contributed by atoms with E-state index in [0.717, 1.165) is 33.5 Å². The van der Waals surface area contributed by atoms with Gasteiger partial charge in [0.05, 0.1) is 11.0 Å². The third-order valence-electron chi connectivity index (χ3n) is 11.4. The predicted octanol–water partition coefficient (Wildman–Crippen LogP) is 14.3. The van der Waals surface area contributed by atoms with Gasteiger partial charge in [-0.15, -0.1) is 11.3 Å². The van der Waals surface area contributed by atoms with E-state index in [1.54, 1.807) is 0 Å². The maximum absolute atomic E-state index is 5.22. The van der Waals surface area contributed by atoms with Crippen molar-refractivity contribution in [2.24, 2.45) is 0 Å². The van der Waals surface area contributed by atoms with E-state index in [1.807, 2.05) is 47.7 Å². The third kappa shape index (κ3) is 5.32. The molecule has 0 aliphatic rings. The van der Waals surface area contributed by atoms with E-state index in [9.17, 15) is 0 Å². The van der Waals surface area contributed by atoms with E-state index < -0.39 is 0 Å². The lowest BCUT2D eigenvalue weighted by atomic mass is 9.96. The van der Waals surface area contributed by atoms with Crippen LogP contribution in [0.1, 0.15) is 0 Å². The number of fused-ring (bicyclic) bond motifs is 8. The van der Waals surface area contributed by atoms with Gasteiger partial charge in [0.1, 0.15) is 0 Å². The molecule has 0 saturated carbocycles. The Morgan fingerprint density at radius 2 is 0.845 bits per heavy atom. The van der Waals surface area contributed by atoms with Gasteiger partial charge >= 0.3 is 0 Å². The lowest BCUT2D eigenvalue weighted by Crippen LogP contribution is -2.02. The Bertz CT molecular complexity index is 3420. The number of thiophene rings is 1. The van der Waals surface area contributed by atoms with Crippen molar-refractivity contribution in [1.29, 1.82) is 0 Å². The first-order valence-electron chi connectivity index (χ1n) is 19.5. The molecular formula is C53H32N4S. The minimum Gasteiger partial charge on any atom is -0.309 e. The molecule has 12 rings (SSSR count). The van der Waals surface area contributed by atoms with Gasteiger partial charge in [0, 0.05) is 53.3 Å². The Hall–Kier alpha value is -7.47. The van der Waals surface area contributed by atoms with Crippen LogP contribution in [-0.2, 0) is 0 Å². The minimum absolute atomic E-state index is 0.628. The molecule has 0 saturated heterocycles. The van der Waals surface area contributed by atoms with Crippen molar-refractivity contribution in [2.75, 3.05) is 0 Å². The molecule has 0 radical (unpaired) electrons. The molecule has 58 heavy (non-hydrogen) atoms. The molecule has 270 valence electrons. The monoisotopic (exact) mass is 756 g/mol. The van der Waals surface area contributed by atoms with Crippen LogP contribution in [0.3, 0.4) is 0 Å². The highest BCUT2D eigenvalue weighted by molar-refractivity contribution is 7.25. The van der Waals surface area contributed by atoms with E-state index in [4.69, 9.17) is 15.0 Å². The first-order valence-corrected chi connectivity index (χ1v) is 20.3. The summed E-state index contributed by atoms with van der Waals surface area (Å²) in [7, 11) is 0. The number of hydrogen-bond donors (Lipinski definition) is 0. The fraction of sp³-hybridized carbons (Fsp3) is 0. The maximum Gasteiger partial charge on any atom is 0.164 e. The maximum atomic E-state index is 5.22. The molecule has 0 fully saturated rings. The quantitative estimate of drug-likeness (QED) is 0.176. The first-order chi connectivity index (χ1) is 28.7. The fourth-order valence-corrected chi connectivity index (χ4v) is 9.68. The molecule has 0 spiro atoms. The largest absolute Gasteiger partial charge is 0.309 e. The summed E-state index contributed by atoms with van der Waals surface area (Å²) in [4.78, 5) is 15.5. The van der Waals surface area contributed by atoms with Gasteiger partial charge in [0.15, 0.2) is 17.5 Å². The SMILES string of the molecule is c1ccc(-c2nc(-c3ccccc3)nc(-c3ccc(-n4c5cc6ccccc6cc5c5cc6ccccc6cc54)cc3-c3ccc4sc5ccccc5c4c3)n2)cc1. The van der Waals surface area contributed by atoms with Crippen molar-refractivity contribution in [3.8, 4) is 51.0 Å². The Morgan fingerprint density at radius 1 is 0.328 bits per heavy atom. The summed E-state index contributed by atoms with van der Waals surface area (Å²) >= 11 is 1.83. The number of nitrogens with zero attached hydrogens (tertiary/aromatic N) is 4. The van der Waals surface area contributed by atoms with Crippen LogP contribution in [0.2, 0.25) is 0 Å². The highest BCUT2D eigenvalue weighted by Crippen LogP contribution is 2.42. The smallest absolute Gasteiger partial charge is 0.164 e. The van der Waals surface area contributed by atoms with Gasteiger partial charge < -0.3 is 4.57 Å². The van der Waals surface area contributed by atoms with E-state index >= 15 is 0 Å².